The molecular formula is C15H21N3O4S. The number of rotatable bonds is 8. The predicted octanol–water partition coefficient (Wildman–Crippen LogP) is 0.506. The molecule has 0 aromatic carbocycles. The van der Waals surface area contributed by atoms with Crippen LogP contribution in [0.25, 0.3) is 0 Å². The summed E-state index contributed by atoms with van der Waals surface area (Å²) in [5.41, 5.74) is 5.59. The zero-order valence-electron chi connectivity index (χ0n) is 12.9. The third-order valence-corrected chi connectivity index (χ3v) is 5.54. The molecular weight excluding hydrogens is 318 g/mol. The zero-order chi connectivity index (χ0) is 17.1. The summed E-state index contributed by atoms with van der Waals surface area (Å²) in [6.07, 6.45) is 0.871. The van der Waals surface area contributed by atoms with Crippen molar-refractivity contribution in [2.24, 2.45) is 17.6 Å². The van der Waals surface area contributed by atoms with Crippen molar-refractivity contribution in [3.63, 3.8) is 0 Å². The molecule has 126 valence electrons. The number of aliphatic hydroxyl groups is 1. The average Bonchev–Trinajstić information content (AvgIpc) is 2.75. The summed E-state index contributed by atoms with van der Waals surface area (Å²) in [4.78, 5) is 25.9. The van der Waals surface area contributed by atoms with Crippen molar-refractivity contribution in [2.75, 3.05) is 12.3 Å². The molecule has 4 atom stereocenters. The van der Waals surface area contributed by atoms with Gasteiger partial charge in [-0.25, -0.2) is 4.79 Å². The maximum absolute atomic E-state index is 12.3. The first kappa shape index (κ1) is 17.8. The molecule has 1 saturated heterocycles. The summed E-state index contributed by atoms with van der Waals surface area (Å²) in [7, 11) is 0. The van der Waals surface area contributed by atoms with Gasteiger partial charge in [-0.2, -0.15) is 5.26 Å². The molecule has 1 amide bonds. The Balaban J connectivity index is 2.34. The second-order valence-corrected chi connectivity index (χ2v) is 6.91. The lowest BCUT2D eigenvalue weighted by Crippen LogP contribution is -2.63. The summed E-state index contributed by atoms with van der Waals surface area (Å²) in [6.45, 7) is 2.04. The molecule has 1 fully saturated rings. The van der Waals surface area contributed by atoms with Crippen molar-refractivity contribution >= 4 is 23.6 Å². The van der Waals surface area contributed by atoms with Crippen LogP contribution < -0.4 is 5.73 Å². The molecule has 2 aliphatic heterocycles. The highest BCUT2D eigenvalue weighted by Gasteiger charge is 2.60. The van der Waals surface area contributed by atoms with Crippen LogP contribution in [0.3, 0.4) is 0 Å². The lowest BCUT2D eigenvalue weighted by atomic mass is 9.77. The molecule has 0 aromatic heterocycles. The SMILES string of the molecule is C[C@@H](O)[C@H]1C(=O)N2C(C(=O)O)=C(SCCC#N)[C@H](CCCN)[C@H]12. The van der Waals surface area contributed by atoms with E-state index >= 15 is 0 Å². The molecule has 0 bridgehead atoms. The number of carboxylic acids is 1. The van der Waals surface area contributed by atoms with Crippen molar-refractivity contribution in [3.8, 4) is 6.07 Å². The van der Waals surface area contributed by atoms with Gasteiger partial charge >= 0.3 is 5.97 Å². The third kappa shape index (κ3) is 3.09. The summed E-state index contributed by atoms with van der Waals surface area (Å²) in [5, 5.41) is 28.1. The molecule has 2 aliphatic rings. The molecule has 0 radical (unpaired) electrons. The molecule has 0 spiro atoms. The van der Waals surface area contributed by atoms with Crippen LogP contribution in [0, 0.1) is 23.2 Å². The standard InChI is InChI=1S/C15H21N3O4S/c1-8(19)10-11-9(4-2-5-16)13(23-7-3-6-17)12(15(21)22)18(11)14(10)20/h8-11,19H,2-5,7,16H2,1H3,(H,21,22)/t8-,9-,10-,11-/m1/s1. The van der Waals surface area contributed by atoms with E-state index in [1.165, 1.54) is 16.7 Å². The molecule has 0 aromatic rings. The van der Waals surface area contributed by atoms with E-state index in [1.54, 1.807) is 6.92 Å². The van der Waals surface area contributed by atoms with Crippen molar-refractivity contribution < 1.29 is 19.8 Å². The number of carbonyl (C=O) groups excluding carboxylic acids is 1. The van der Waals surface area contributed by atoms with Crippen molar-refractivity contribution in [2.45, 2.75) is 38.3 Å². The average molecular weight is 339 g/mol. The maximum Gasteiger partial charge on any atom is 0.353 e. The molecule has 2 rings (SSSR count). The molecule has 0 saturated carbocycles. The summed E-state index contributed by atoms with van der Waals surface area (Å²) in [6, 6.07) is 1.72. The molecule has 0 unspecified atom stereocenters. The minimum atomic E-state index is -1.14. The Morgan fingerprint density at radius 1 is 1.57 bits per heavy atom. The minimum absolute atomic E-state index is 0.0156. The highest BCUT2D eigenvalue weighted by molar-refractivity contribution is 8.03. The van der Waals surface area contributed by atoms with Gasteiger partial charge in [0, 0.05) is 23.0 Å². The van der Waals surface area contributed by atoms with Crippen LogP contribution in [0.2, 0.25) is 0 Å². The fourth-order valence-electron chi connectivity index (χ4n) is 3.39. The van der Waals surface area contributed by atoms with E-state index in [2.05, 4.69) is 0 Å². The number of hydrogen-bond acceptors (Lipinski definition) is 6. The van der Waals surface area contributed by atoms with Gasteiger partial charge in [-0.05, 0) is 26.3 Å². The first-order valence-electron chi connectivity index (χ1n) is 7.64. The lowest BCUT2D eigenvalue weighted by molar-refractivity contribution is -0.163. The van der Waals surface area contributed by atoms with Crippen molar-refractivity contribution in [1.29, 1.82) is 5.26 Å². The molecule has 23 heavy (non-hydrogen) atoms. The van der Waals surface area contributed by atoms with Gasteiger partial charge in [0.25, 0.3) is 0 Å². The Kier molecular flexibility index (Phi) is 5.68. The van der Waals surface area contributed by atoms with E-state index in [9.17, 15) is 19.8 Å². The number of nitriles is 1. The van der Waals surface area contributed by atoms with E-state index in [-0.39, 0.29) is 23.6 Å². The summed E-state index contributed by atoms with van der Waals surface area (Å²) >= 11 is 1.33. The molecule has 0 aliphatic carbocycles. The number of amides is 1. The number of aliphatic hydroxyl groups excluding tert-OH is 1. The Bertz CT molecular complexity index is 570. The Morgan fingerprint density at radius 2 is 2.26 bits per heavy atom. The quantitative estimate of drug-likeness (QED) is 0.434. The number of nitrogens with two attached hydrogens (primary N) is 1. The molecule has 2 heterocycles. The minimum Gasteiger partial charge on any atom is -0.477 e. The second kappa shape index (κ2) is 7.34. The maximum atomic E-state index is 12.3. The highest BCUT2D eigenvalue weighted by atomic mass is 32.2. The highest BCUT2D eigenvalue weighted by Crippen LogP contribution is 2.52. The van der Waals surface area contributed by atoms with Crippen LogP contribution in [0.15, 0.2) is 10.6 Å². The summed E-state index contributed by atoms with van der Waals surface area (Å²) < 4.78 is 0. The van der Waals surface area contributed by atoms with Crippen LogP contribution >= 0.6 is 11.8 Å². The smallest absolute Gasteiger partial charge is 0.353 e. The largest absolute Gasteiger partial charge is 0.477 e. The van der Waals surface area contributed by atoms with Crippen molar-refractivity contribution in [3.05, 3.63) is 10.6 Å². The number of carboxylic acid groups (broad SMARTS) is 1. The van der Waals surface area contributed by atoms with Gasteiger partial charge < -0.3 is 20.8 Å². The third-order valence-electron chi connectivity index (χ3n) is 4.32. The lowest BCUT2D eigenvalue weighted by Gasteiger charge is -2.47. The van der Waals surface area contributed by atoms with E-state index in [1.807, 2.05) is 6.07 Å². The van der Waals surface area contributed by atoms with Gasteiger partial charge in [0.1, 0.15) is 5.70 Å². The first-order valence-corrected chi connectivity index (χ1v) is 8.62. The van der Waals surface area contributed by atoms with Crippen LogP contribution in [0.1, 0.15) is 26.2 Å². The number of β-lactam (4-membered cyclic amide) rings is 1. The monoisotopic (exact) mass is 339 g/mol. The normalized spacial score (nSPS) is 27.5. The van der Waals surface area contributed by atoms with Gasteiger partial charge in [0.2, 0.25) is 5.91 Å². The number of hydrogen-bond donors (Lipinski definition) is 3. The Hall–Kier alpha value is -1.56. The summed E-state index contributed by atoms with van der Waals surface area (Å²) in [5.74, 6) is -1.69. The van der Waals surface area contributed by atoms with Gasteiger partial charge in [0.15, 0.2) is 0 Å². The van der Waals surface area contributed by atoms with E-state index in [0.29, 0.717) is 36.5 Å². The molecule has 8 heteroatoms. The van der Waals surface area contributed by atoms with Gasteiger partial charge in [-0.3, -0.25) is 4.79 Å². The van der Waals surface area contributed by atoms with Crippen LogP contribution in [-0.4, -0.2) is 51.4 Å². The number of fused-ring (bicyclic) bond motifs is 1. The number of thioether (sulfide) groups is 1. The topological polar surface area (TPSA) is 128 Å². The number of nitrogens with zero attached hydrogens (tertiary/aromatic N) is 2. The number of carbonyl (C=O) groups is 2. The fraction of sp³-hybridized carbons (Fsp3) is 0.667. The van der Waals surface area contributed by atoms with E-state index < -0.39 is 18.0 Å². The van der Waals surface area contributed by atoms with Gasteiger partial charge in [-0.15, -0.1) is 11.8 Å². The van der Waals surface area contributed by atoms with Crippen LogP contribution in [-0.2, 0) is 9.59 Å². The number of aliphatic carboxylic acids is 1. The van der Waals surface area contributed by atoms with Gasteiger partial charge in [-0.1, -0.05) is 0 Å². The fourth-order valence-corrected chi connectivity index (χ4v) is 4.60. The van der Waals surface area contributed by atoms with E-state index in [4.69, 9.17) is 11.0 Å². The first-order chi connectivity index (χ1) is 11.0. The predicted molar refractivity (Wildman–Crippen MR) is 84.9 cm³/mol. The Morgan fingerprint density at radius 3 is 2.78 bits per heavy atom. The Labute approximate surface area is 139 Å². The van der Waals surface area contributed by atoms with Crippen LogP contribution in [0.5, 0.6) is 0 Å². The molecule has 7 nitrogen and oxygen atoms in total. The van der Waals surface area contributed by atoms with Gasteiger partial charge in [0.05, 0.1) is 24.1 Å². The second-order valence-electron chi connectivity index (χ2n) is 5.78. The molecule has 4 N–H and O–H groups in total. The zero-order valence-corrected chi connectivity index (χ0v) is 13.8. The van der Waals surface area contributed by atoms with E-state index in [0.717, 1.165) is 0 Å². The van der Waals surface area contributed by atoms with Crippen LogP contribution in [0.4, 0.5) is 0 Å². The van der Waals surface area contributed by atoms with Crippen molar-refractivity contribution in [1.82, 2.24) is 4.90 Å².